The van der Waals surface area contributed by atoms with Gasteiger partial charge in [-0.3, -0.25) is 0 Å². The van der Waals surface area contributed by atoms with E-state index >= 15 is 0 Å². The van der Waals surface area contributed by atoms with Crippen molar-refractivity contribution < 1.29 is 19.1 Å². The first-order chi connectivity index (χ1) is 16.2. The van der Waals surface area contributed by atoms with Gasteiger partial charge in [0.15, 0.2) is 0 Å². The molecule has 0 amide bonds. The van der Waals surface area contributed by atoms with Crippen molar-refractivity contribution >= 4 is 23.0 Å². The quantitative estimate of drug-likeness (QED) is 0.433. The molecule has 6 heteroatoms. The Bertz CT molecular complexity index is 1250. The molecule has 0 unspecified atom stereocenters. The average molecular weight is 436 g/mol. The standard InChI is InChI=1S/C27H20N2O4/c30-26(16-9-3-1-4-10-16)32-24-18-15-19(25(24)33-27(31)17-11-5-2-6-12-17)23-22(18)28-20-13-7-8-14-21(20)29-23/h1-14,18-19,24-25H,15H2/t18-,19+,24-,25+. The molecule has 1 aromatic heterocycles. The van der Waals surface area contributed by atoms with E-state index in [0.29, 0.717) is 17.5 Å². The highest BCUT2D eigenvalue weighted by atomic mass is 16.6. The third kappa shape index (κ3) is 3.35. The molecule has 2 aliphatic carbocycles. The van der Waals surface area contributed by atoms with Gasteiger partial charge in [-0.15, -0.1) is 0 Å². The Morgan fingerprint density at radius 3 is 1.42 bits per heavy atom. The summed E-state index contributed by atoms with van der Waals surface area (Å²) in [6.45, 7) is 0. The predicted octanol–water partition coefficient (Wildman–Crippen LogP) is 4.67. The van der Waals surface area contributed by atoms with E-state index in [1.165, 1.54) is 0 Å². The van der Waals surface area contributed by atoms with Gasteiger partial charge in [-0.2, -0.15) is 0 Å². The van der Waals surface area contributed by atoms with Gasteiger partial charge < -0.3 is 9.47 Å². The Morgan fingerprint density at radius 1 is 0.606 bits per heavy atom. The van der Waals surface area contributed by atoms with Crippen LogP contribution in [0, 0.1) is 0 Å². The van der Waals surface area contributed by atoms with Crippen LogP contribution >= 0.6 is 0 Å². The van der Waals surface area contributed by atoms with Gasteiger partial charge in [0.05, 0.1) is 33.5 Å². The van der Waals surface area contributed by atoms with Gasteiger partial charge >= 0.3 is 11.9 Å². The minimum absolute atomic E-state index is 0.177. The van der Waals surface area contributed by atoms with Crippen molar-refractivity contribution in [2.45, 2.75) is 30.5 Å². The zero-order valence-corrected chi connectivity index (χ0v) is 17.6. The van der Waals surface area contributed by atoms with Crippen LogP contribution in [0.2, 0.25) is 0 Å². The first-order valence-corrected chi connectivity index (χ1v) is 11.0. The maximum atomic E-state index is 12.9. The fourth-order valence-corrected chi connectivity index (χ4v) is 4.94. The molecule has 4 atom stereocenters. The summed E-state index contributed by atoms with van der Waals surface area (Å²) < 4.78 is 11.9. The van der Waals surface area contributed by atoms with E-state index in [0.717, 1.165) is 22.4 Å². The lowest BCUT2D eigenvalue weighted by Crippen LogP contribution is -2.39. The Morgan fingerprint density at radius 2 is 1.00 bits per heavy atom. The number of carbonyl (C=O) groups is 2. The molecule has 2 bridgehead atoms. The molecule has 0 saturated heterocycles. The number of esters is 2. The van der Waals surface area contributed by atoms with Gasteiger partial charge in [0.2, 0.25) is 0 Å². The second-order valence-electron chi connectivity index (χ2n) is 8.40. The van der Waals surface area contributed by atoms with Crippen LogP contribution < -0.4 is 0 Å². The molecule has 0 spiro atoms. The molecule has 2 aliphatic rings. The SMILES string of the molecule is O=C(O[C@@H]1[C@H](OC(=O)c2ccccc2)[C@@H]2C[C@H]1c1nc3ccccc3nc12)c1ccccc1. The lowest BCUT2D eigenvalue weighted by atomic mass is 9.94. The summed E-state index contributed by atoms with van der Waals surface area (Å²) in [7, 11) is 0. The maximum absolute atomic E-state index is 12.9. The number of hydrogen-bond donors (Lipinski definition) is 0. The normalized spacial score (nSPS) is 22.7. The van der Waals surface area contributed by atoms with E-state index in [-0.39, 0.29) is 11.8 Å². The van der Waals surface area contributed by atoms with Crippen LogP contribution in [0.15, 0.2) is 84.9 Å². The van der Waals surface area contributed by atoms with Crippen molar-refractivity contribution in [1.29, 1.82) is 0 Å². The number of hydrogen-bond acceptors (Lipinski definition) is 6. The number of fused-ring (bicyclic) bond motifs is 6. The van der Waals surface area contributed by atoms with Crippen molar-refractivity contribution in [3.8, 4) is 0 Å². The van der Waals surface area contributed by atoms with Crippen LogP contribution in [0.1, 0.15) is 50.4 Å². The van der Waals surface area contributed by atoms with E-state index in [4.69, 9.17) is 19.4 Å². The first-order valence-electron chi connectivity index (χ1n) is 11.0. The third-order valence-electron chi connectivity index (χ3n) is 6.46. The molecule has 6 rings (SSSR count). The molecule has 1 saturated carbocycles. The summed E-state index contributed by atoms with van der Waals surface area (Å²) in [5.74, 6) is -1.24. The molecule has 0 N–H and O–H groups in total. The molecule has 162 valence electrons. The highest BCUT2D eigenvalue weighted by Crippen LogP contribution is 2.54. The topological polar surface area (TPSA) is 78.4 Å². The Kier molecular flexibility index (Phi) is 4.64. The molecule has 0 radical (unpaired) electrons. The van der Waals surface area contributed by atoms with E-state index < -0.39 is 24.1 Å². The van der Waals surface area contributed by atoms with Crippen LogP contribution in [0.5, 0.6) is 0 Å². The fourth-order valence-electron chi connectivity index (χ4n) is 4.94. The van der Waals surface area contributed by atoms with Gasteiger partial charge in [0.1, 0.15) is 12.2 Å². The Hall–Kier alpha value is -4.06. The van der Waals surface area contributed by atoms with E-state index in [2.05, 4.69) is 0 Å². The number of para-hydroxylation sites is 2. The minimum atomic E-state index is -0.627. The predicted molar refractivity (Wildman–Crippen MR) is 121 cm³/mol. The van der Waals surface area contributed by atoms with Gasteiger partial charge in [0, 0.05) is 11.8 Å². The van der Waals surface area contributed by atoms with Crippen LogP contribution in [0.3, 0.4) is 0 Å². The molecule has 4 aromatic rings. The molecule has 3 aromatic carbocycles. The van der Waals surface area contributed by atoms with Crippen LogP contribution in [0.25, 0.3) is 11.0 Å². The smallest absolute Gasteiger partial charge is 0.338 e. The largest absolute Gasteiger partial charge is 0.454 e. The zero-order valence-electron chi connectivity index (χ0n) is 17.6. The summed E-state index contributed by atoms with van der Waals surface area (Å²) >= 11 is 0. The van der Waals surface area contributed by atoms with Crippen molar-refractivity contribution in [3.63, 3.8) is 0 Å². The van der Waals surface area contributed by atoms with Crippen molar-refractivity contribution in [3.05, 3.63) is 107 Å². The van der Waals surface area contributed by atoms with Gasteiger partial charge in [-0.25, -0.2) is 19.6 Å². The Labute approximate surface area is 190 Å². The molecular weight excluding hydrogens is 416 g/mol. The zero-order chi connectivity index (χ0) is 22.4. The van der Waals surface area contributed by atoms with E-state index in [9.17, 15) is 9.59 Å². The van der Waals surface area contributed by atoms with Crippen LogP contribution in [-0.2, 0) is 9.47 Å². The number of ether oxygens (including phenoxy) is 2. The van der Waals surface area contributed by atoms with Crippen LogP contribution in [-0.4, -0.2) is 34.1 Å². The van der Waals surface area contributed by atoms with Crippen molar-refractivity contribution in [2.75, 3.05) is 0 Å². The van der Waals surface area contributed by atoms with Crippen molar-refractivity contribution in [2.24, 2.45) is 0 Å². The lowest BCUT2D eigenvalue weighted by Gasteiger charge is -2.31. The number of benzene rings is 3. The molecular formula is C27H20N2O4. The first kappa shape index (κ1) is 19.6. The molecule has 1 fully saturated rings. The molecule has 1 heterocycles. The lowest BCUT2D eigenvalue weighted by molar-refractivity contribution is -0.0356. The van der Waals surface area contributed by atoms with Gasteiger partial charge in [0.25, 0.3) is 0 Å². The second-order valence-corrected chi connectivity index (χ2v) is 8.40. The summed E-state index contributed by atoms with van der Waals surface area (Å²) in [5, 5.41) is 0. The van der Waals surface area contributed by atoms with Gasteiger partial charge in [-0.05, 0) is 42.8 Å². The summed E-state index contributed by atoms with van der Waals surface area (Å²) in [6.07, 6.45) is -0.581. The number of nitrogens with zero attached hydrogens (tertiary/aromatic N) is 2. The fraction of sp³-hybridized carbons (Fsp3) is 0.185. The molecule has 6 nitrogen and oxygen atoms in total. The van der Waals surface area contributed by atoms with Crippen molar-refractivity contribution in [1.82, 2.24) is 9.97 Å². The molecule has 33 heavy (non-hydrogen) atoms. The number of rotatable bonds is 4. The van der Waals surface area contributed by atoms with Gasteiger partial charge in [-0.1, -0.05) is 48.5 Å². The third-order valence-corrected chi connectivity index (χ3v) is 6.46. The Balaban J connectivity index is 1.37. The average Bonchev–Trinajstić information content (AvgIpc) is 3.40. The van der Waals surface area contributed by atoms with E-state index in [1.54, 1.807) is 48.5 Å². The molecule has 0 aliphatic heterocycles. The highest BCUT2D eigenvalue weighted by molar-refractivity contribution is 5.90. The van der Waals surface area contributed by atoms with E-state index in [1.807, 2.05) is 36.4 Å². The van der Waals surface area contributed by atoms with Crippen LogP contribution in [0.4, 0.5) is 0 Å². The summed E-state index contributed by atoms with van der Waals surface area (Å²) in [6, 6.07) is 25.4. The number of carbonyl (C=O) groups excluding carboxylic acids is 2. The minimum Gasteiger partial charge on any atom is -0.454 e. The monoisotopic (exact) mass is 436 g/mol. The summed E-state index contributed by atoms with van der Waals surface area (Å²) in [4.78, 5) is 35.5. The number of aromatic nitrogens is 2. The maximum Gasteiger partial charge on any atom is 0.338 e. The second kappa shape index (κ2) is 7.81. The summed E-state index contributed by atoms with van der Waals surface area (Å²) in [5.41, 5.74) is 4.18. The highest BCUT2D eigenvalue weighted by Gasteiger charge is 2.57.